The summed E-state index contributed by atoms with van der Waals surface area (Å²) >= 11 is 6.31. The largest absolute Gasteiger partial charge is 0.493 e. The van der Waals surface area contributed by atoms with Crippen molar-refractivity contribution in [2.24, 2.45) is 0 Å². The number of ether oxygens (including phenoxy) is 2. The Kier molecular flexibility index (Phi) is 6.59. The van der Waals surface area contributed by atoms with Gasteiger partial charge in [-0.25, -0.2) is 9.69 Å². The molecule has 0 aromatic heterocycles. The number of carbonyl (C=O) groups excluding carboxylic acids is 2. The number of carboxylic acids is 1. The molecular weight excluding hydrogens is 446 g/mol. The van der Waals surface area contributed by atoms with E-state index < -0.39 is 29.4 Å². The molecule has 1 aliphatic rings. The Bertz CT molecular complexity index is 1150. The Morgan fingerprint density at radius 2 is 2.06 bits per heavy atom. The molecule has 0 aliphatic carbocycles. The molecule has 1 saturated heterocycles. The Morgan fingerprint density at radius 3 is 2.72 bits per heavy atom. The van der Waals surface area contributed by atoms with Gasteiger partial charge < -0.3 is 19.9 Å². The highest BCUT2D eigenvalue weighted by atomic mass is 35.5. The number of nitrogens with zero attached hydrogens (tertiary/aromatic N) is 2. The van der Waals surface area contributed by atoms with E-state index in [0.29, 0.717) is 16.0 Å². The van der Waals surface area contributed by atoms with Crippen molar-refractivity contribution in [3.63, 3.8) is 0 Å². The summed E-state index contributed by atoms with van der Waals surface area (Å²) < 4.78 is 11.0. The topological polar surface area (TPSA) is 148 Å². The van der Waals surface area contributed by atoms with Crippen LogP contribution in [-0.2, 0) is 16.2 Å². The lowest BCUT2D eigenvalue weighted by atomic mass is 10.1. The van der Waals surface area contributed by atoms with Gasteiger partial charge in [-0.05, 0) is 29.3 Å². The van der Waals surface area contributed by atoms with Gasteiger partial charge >= 0.3 is 12.0 Å². The molecule has 166 valence electrons. The highest BCUT2D eigenvalue weighted by Crippen LogP contribution is 2.37. The number of halogens is 1. The average molecular weight is 462 g/mol. The number of nitro groups is 1. The number of carboxylic acid groups (broad SMARTS) is 1. The van der Waals surface area contributed by atoms with Crippen LogP contribution >= 0.6 is 11.6 Å². The summed E-state index contributed by atoms with van der Waals surface area (Å²) in [4.78, 5) is 45.9. The average Bonchev–Trinajstić information content (AvgIpc) is 2.99. The first kappa shape index (κ1) is 22.6. The summed E-state index contributed by atoms with van der Waals surface area (Å²) in [5.41, 5.74) is 0.725. The molecule has 3 amide bonds. The maximum Gasteiger partial charge on any atom is 0.329 e. The SMILES string of the molecule is COc1cc(/C=C2/NC(=O)N(CC(=O)O)C2=O)cc(Cl)c1OCc1cccc([N+](=O)[O-])c1. The number of hydrogen-bond donors (Lipinski definition) is 2. The van der Waals surface area contributed by atoms with Crippen molar-refractivity contribution < 1.29 is 33.9 Å². The molecule has 2 aromatic rings. The number of hydrogen-bond acceptors (Lipinski definition) is 7. The third-order valence-electron chi connectivity index (χ3n) is 4.32. The van der Waals surface area contributed by atoms with Gasteiger partial charge in [-0.1, -0.05) is 23.7 Å². The first-order valence-electron chi connectivity index (χ1n) is 8.99. The Morgan fingerprint density at radius 1 is 1.31 bits per heavy atom. The lowest BCUT2D eigenvalue weighted by Crippen LogP contribution is -2.35. The number of non-ortho nitro benzene ring substituents is 1. The van der Waals surface area contributed by atoms with Crippen LogP contribution in [0.25, 0.3) is 6.08 Å². The Hall–Kier alpha value is -4.12. The molecule has 2 aromatic carbocycles. The second kappa shape index (κ2) is 9.35. The van der Waals surface area contributed by atoms with Crippen molar-refractivity contribution in [3.8, 4) is 11.5 Å². The van der Waals surface area contributed by atoms with Crippen LogP contribution in [0.3, 0.4) is 0 Å². The molecule has 0 radical (unpaired) electrons. The summed E-state index contributed by atoms with van der Waals surface area (Å²) in [7, 11) is 1.37. The minimum Gasteiger partial charge on any atom is -0.493 e. The quantitative estimate of drug-likeness (QED) is 0.264. The number of nitro benzene ring substituents is 1. The molecule has 12 heteroatoms. The van der Waals surface area contributed by atoms with Crippen LogP contribution in [0.1, 0.15) is 11.1 Å². The lowest BCUT2D eigenvalue weighted by Gasteiger charge is -2.13. The number of imide groups is 1. The normalized spacial score (nSPS) is 14.4. The monoisotopic (exact) mass is 461 g/mol. The van der Waals surface area contributed by atoms with E-state index in [4.69, 9.17) is 26.2 Å². The van der Waals surface area contributed by atoms with Crippen molar-refractivity contribution >= 4 is 41.3 Å². The van der Waals surface area contributed by atoms with E-state index in [1.807, 2.05) is 0 Å². The Labute approximate surface area is 185 Å². The fourth-order valence-corrected chi connectivity index (χ4v) is 3.17. The van der Waals surface area contributed by atoms with Crippen LogP contribution in [-0.4, -0.2) is 46.5 Å². The van der Waals surface area contributed by atoms with Crippen LogP contribution in [0.4, 0.5) is 10.5 Å². The van der Waals surface area contributed by atoms with Gasteiger partial charge in [0.25, 0.3) is 11.6 Å². The predicted molar refractivity (Wildman–Crippen MR) is 111 cm³/mol. The summed E-state index contributed by atoms with van der Waals surface area (Å²) in [6, 6.07) is 8.03. The van der Waals surface area contributed by atoms with Crippen LogP contribution < -0.4 is 14.8 Å². The molecule has 11 nitrogen and oxygen atoms in total. The minimum absolute atomic E-state index is 0.0170. The van der Waals surface area contributed by atoms with E-state index in [1.165, 1.54) is 43.5 Å². The van der Waals surface area contributed by atoms with Crippen molar-refractivity contribution in [2.45, 2.75) is 6.61 Å². The molecule has 0 spiro atoms. The van der Waals surface area contributed by atoms with E-state index in [-0.39, 0.29) is 34.5 Å². The van der Waals surface area contributed by atoms with Crippen LogP contribution in [0.5, 0.6) is 11.5 Å². The summed E-state index contributed by atoms with van der Waals surface area (Å²) in [5, 5.41) is 22.2. The molecular formula is C20H16ClN3O8. The smallest absolute Gasteiger partial charge is 0.329 e. The second-order valence-electron chi connectivity index (χ2n) is 6.52. The van der Waals surface area contributed by atoms with Crippen LogP contribution in [0, 0.1) is 10.1 Å². The van der Waals surface area contributed by atoms with E-state index in [0.717, 1.165) is 0 Å². The van der Waals surface area contributed by atoms with Gasteiger partial charge in [0.1, 0.15) is 18.8 Å². The fourth-order valence-electron chi connectivity index (χ4n) is 2.90. The minimum atomic E-state index is -1.33. The molecule has 0 bridgehead atoms. The first-order valence-corrected chi connectivity index (χ1v) is 9.37. The molecule has 0 saturated carbocycles. The van der Waals surface area contributed by atoms with Crippen LogP contribution in [0.15, 0.2) is 42.1 Å². The number of urea groups is 1. The van der Waals surface area contributed by atoms with Gasteiger partial charge in [-0.2, -0.15) is 0 Å². The standard InChI is InChI=1S/C20H16ClN3O8/c1-31-16-8-12(7-15-19(27)23(9-17(25)26)20(28)22-15)6-14(21)18(16)32-10-11-3-2-4-13(5-11)24(29)30/h2-8H,9-10H2,1H3,(H,22,28)(H,25,26)/b15-7+. The number of rotatable bonds is 8. The molecule has 1 aliphatic heterocycles. The number of carbonyl (C=O) groups is 3. The molecule has 0 atom stereocenters. The van der Waals surface area contributed by atoms with E-state index in [2.05, 4.69) is 5.32 Å². The highest BCUT2D eigenvalue weighted by Gasteiger charge is 2.35. The van der Waals surface area contributed by atoms with Crippen molar-refractivity contribution in [2.75, 3.05) is 13.7 Å². The maximum atomic E-state index is 12.3. The molecule has 0 unspecified atom stereocenters. The molecule has 1 fully saturated rings. The maximum absolute atomic E-state index is 12.3. The number of nitrogens with one attached hydrogen (secondary N) is 1. The van der Waals surface area contributed by atoms with Gasteiger partial charge in [0, 0.05) is 12.1 Å². The number of aliphatic carboxylic acids is 1. The van der Waals surface area contributed by atoms with Gasteiger partial charge in [-0.3, -0.25) is 19.7 Å². The number of benzene rings is 2. The Balaban J connectivity index is 1.82. The number of methoxy groups -OCH3 is 1. The van der Waals surface area contributed by atoms with E-state index >= 15 is 0 Å². The molecule has 2 N–H and O–H groups in total. The zero-order chi connectivity index (χ0) is 23.4. The van der Waals surface area contributed by atoms with E-state index in [9.17, 15) is 24.5 Å². The molecule has 3 rings (SSSR count). The van der Waals surface area contributed by atoms with Crippen molar-refractivity contribution in [3.05, 3.63) is 68.4 Å². The molecule has 32 heavy (non-hydrogen) atoms. The predicted octanol–water partition coefficient (Wildman–Crippen LogP) is 2.81. The van der Waals surface area contributed by atoms with E-state index in [1.54, 1.807) is 6.07 Å². The second-order valence-corrected chi connectivity index (χ2v) is 6.93. The van der Waals surface area contributed by atoms with Crippen molar-refractivity contribution in [1.82, 2.24) is 10.2 Å². The van der Waals surface area contributed by atoms with Gasteiger partial charge in [-0.15, -0.1) is 0 Å². The van der Waals surface area contributed by atoms with Gasteiger partial charge in [0.15, 0.2) is 11.5 Å². The summed E-state index contributed by atoms with van der Waals surface area (Å²) in [6.45, 7) is -0.784. The fraction of sp³-hybridized carbons (Fsp3) is 0.150. The molecule has 1 heterocycles. The zero-order valence-corrected chi connectivity index (χ0v) is 17.3. The third kappa shape index (κ3) is 4.95. The van der Waals surface area contributed by atoms with Gasteiger partial charge in [0.05, 0.1) is 17.1 Å². The zero-order valence-electron chi connectivity index (χ0n) is 16.5. The van der Waals surface area contributed by atoms with Crippen LogP contribution in [0.2, 0.25) is 5.02 Å². The third-order valence-corrected chi connectivity index (χ3v) is 4.60. The first-order chi connectivity index (χ1) is 15.2. The van der Waals surface area contributed by atoms with Crippen molar-refractivity contribution in [1.29, 1.82) is 0 Å². The number of amides is 3. The highest BCUT2D eigenvalue weighted by molar-refractivity contribution is 6.32. The lowest BCUT2D eigenvalue weighted by molar-refractivity contribution is -0.384. The summed E-state index contributed by atoms with van der Waals surface area (Å²) in [6.07, 6.45) is 1.32. The summed E-state index contributed by atoms with van der Waals surface area (Å²) in [5.74, 6) is -1.73. The van der Waals surface area contributed by atoms with Gasteiger partial charge in [0.2, 0.25) is 0 Å².